The molecule has 0 radical (unpaired) electrons. The molecule has 0 aromatic rings. The second-order valence-electron chi connectivity index (χ2n) is 18.3. The number of nitrogens with one attached hydrogen (secondary N) is 1. The quantitative estimate of drug-likeness (QED) is 0.0926. The topological polar surface area (TPSA) is 73.9 Å². The fraction of sp³-hybridized carbons (Fsp3) is 0.850. The van der Waals surface area contributed by atoms with Gasteiger partial charge in [-0.3, -0.25) is 9.59 Å². The maximum atomic E-state index is 13.3. The van der Waals surface area contributed by atoms with E-state index < -0.39 is 16.6 Å². The largest absolute Gasteiger partial charge is 0.461 e. The number of carbonyl (C=O) groups is 2. The van der Waals surface area contributed by atoms with Gasteiger partial charge in [0.25, 0.3) is 0 Å². The highest BCUT2D eigenvalue weighted by Crippen LogP contribution is 2.46. The van der Waals surface area contributed by atoms with Gasteiger partial charge in [0, 0.05) is 18.6 Å². The first-order valence-corrected chi connectivity index (χ1v) is 25.1. The molecule has 0 saturated carbocycles. The first-order valence-electron chi connectivity index (χ1n) is 19.3. The summed E-state index contributed by atoms with van der Waals surface area (Å²) in [7, 11) is -4.29. The summed E-state index contributed by atoms with van der Waals surface area (Å²) < 4.78 is 20.6. The fourth-order valence-corrected chi connectivity index (χ4v) is 9.36. The summed E-state index contributed by atoms with van der Waals surface area (Å²) in [5.41, 5.74) is 1.32. The third-order valence-corrected chi connectivity index (χ3v) is 21.1. The van der Waals surface area contributed by atoms with Crippen molar-refractivity contribution in [3.05, 3.63) is 23.8 Å². The van der Waals surface area contributed by atoms with Gasteiger partial charge in [0.2, 0.25) is 5.91 Å². The number of esters is 1. The van der Waals surface area contributed by atoms with Crippen LogP contribution < -0.4 is 5.32 Å². The van der Waals surface area contributed by atoms with Crippen LogP contribution in [0.3, 0.4) is 0 Å². The summed E-state index contributed by atoms with van der Waals surface area (Å²) >= 11 is 0. The number of ether oxygens (including phenoxy) is 1. The number of unbranched alkanes of at least 4 members (excludes halogenated alkanes) is 1. The maximum absolute atomic E-state index is 13.3. The minimum absolute atomic E-state index is 0.0294. The predicted octanol–water partition coefficient (Wildman–Crippen LogP) is 10.6. The Morgan fingerprint density at radius 2 is 1.54 bits per heavy atom. The summed E-state index contributed by atoms with van der Waals surface area (Å²) in [6, 6.07) is 0. The van der Waals surface area contributed by atoms with Crippen molar-refractivity contribution < 1.29 is 23.2 Å². The predicted molar refractivity (Wildman–Crippen MR) is 207 cm³/mol. The second kappa shape index (κ2) is 17.8. The van der Waals surface area contributed by atoms with Crippen LogP contribution in [0.15, 0.2) is 23.8 Å². The van der Waals surface area contributed by atoms with Crippen molar-refractivity contribution in [3.63, 3.8) is 0 Å². The fourth-order valence-electron chi connectivity index (χ4n) is 6.59. The van der Waals surface area contributed by atoms with Crippen LogP contribution in [0.2, 0.25) is 36.3 Å². The van der Waals surface area contributed by atoms with Gasteiger partial charge in [0.05, 0.1) is 18.4 Å². The van der Waals surface area contributed by atoms with Crippen LogP contribution in [-0.4, -0.2) is 53.4 Å². The number of hydrogen-bond donors (Lipinski definition) is 1. The van der Waals surface area contributed by atoms with Gasteiger partial charge >= 0.3 is 5.97 Å². The summed E-state index contributed by atoms with van der Waals surface area (Å²) in [6.45, 7) is 34.3. The van der Waals surface area contributed by atoms with Gasteiger partial charge in [-0.2, -0.15) is 0 Å². The number of carbonyl (C=O) groups excluding carboxylic acids is 2. The Morgan fingerprint density at radius 1 is 0.958 bits per heavy atom. The molecule has 0 bridgehead atoms. The van der Waals surface area contributed by atoms with E-state index in [2.05, 4.69) is 119 Å². The molecule has 2 aliphatic rings. The van der Waals surface area contributed by atoms with Crippen LogP contribution in [0.25, 0.3) is 0 Å². The average molecular weight is 706 g/mol. The van der Waals surface area contributed by atoms with Gasteiger partial charge in [-0.25, -0.2) is 0 Å². The van der Waals surface area contributed by atoms with Gasteiger partial charge < -0.3 is 18.9 Å². The number of amides is 1. The van der Waals surface area contributed by atoms with Gasteiger partial charge in [-0.05, 0) is 98.1 Å². The van der Waals surface area contributed by atoms with E-state index in [1.54, 1.807) is 0 Å². The molecule has 0 aromatic heterocycles. The lowest BCUT2D eigenvalue weighted by Crippen LogP contribution is -2.48. The lowest BCUT2D eigenvalue weighted by Gasteiger charge is -2.45. The molecular formula is C40H75NO5Si2. The third kappa shape index (κ3) is 12.2. The van der Waals surface area contributed by atoms with Crippen molar-refractivity contribution in [1.29, 1.82) is 0 Å². The molecule has 278 valence electrons. The Balaban J connectivity index is 2.44. The lowest BCUT2D eigenvalue weighted by atomic mass is 9.65. The van der Waals surface area contributed by atoms with E-state index >= 15 is 0 Å². The van der Waals surface area contributed by atoms with Gasteiger partial charge in [0.15, 0.2) is 16.6 Å². The zero-order valence-corrected chi connectivity index (χ0v) is 35.8. The highest BCUT2D eigenvalue weighted by Gasteiger charge is 2.45. The molecule has 0 spiro atoms. The maximum Gasteiger partial charge on any atom is 0.308 e. The third-order valence-electron chi connectivity index (χ3n) is 12.0. The monoisotopic (exact) mass is 706 g/mol. The molecule has 1 amide bonds. The van der Waals surface area contributed by atoms with Crippen LogP contribution in [0.4, 0.5) is 0 Å². The molecule has 2 rings (SSSR count). The summed E-state index contributed by atoms with van der Waals surface area (Å²) in [4.78, 5) is 26.3. The minimum atomic E-state index is -2.16. The molecular weight excluding hydrogens is 631 g/mol. The normalized spacial score (nSPS) is 25.5. The van der Waals surface area contributed by atoms with Crippen molar-refractivity contribution in [2.24, 2.45) is 29.6 Å². The van der Waals surface area contributed by atoms with Crippen molar-refractivity contribution in [2.45, 2.75) is 182 Å². The van der Waals surface area contributed by atoms with Gasteiger partial charge in [-0.15, -0.1) is 0 Å². The first kappa shape index (κ1) is 42.9. The van der Waals surface area contributed by atoms with Crippen LogP contribution in [0, 0.1) is 29.6 Å². The summed E-state index contributed by atoms with van der Waals surface area (Å²) in [6.07, 6.45) is 13.3. The zero-order chi connectivity index (χ0) is 36.7. The second-order valence-corrected chi connectivity index (χ2v) is 27.8. The smallest absolute Gasteiger partial charge is 0.308 e. The molecule has 6 nitrogen and oxygen atoms in total. The first-order chi connectivity index (χ1) is 22.0. The van der Waals surface area contributed by atoms with Gasteiger partial charge in [-0.1, -0.05) is 101 Å². The van der Waals surface area contributed by atoms with E-state index in [9.17, 15) is 9.59 Å². The molecule has 0 aliphatic heterocycles. The van der Waals surface area contributed by atoms with E-state index in [0.717, 1.165) is 38.5 Å². The van der Waals surface area contributed by atoms with E-state index in [0.29, 0.717) is 37.1 Å². The Morgan fingerprint density at radius 3 is 2.08 bits per heavy atom. The molecule has 48 heavy (non-hydrogen) atoms. The summed E-state index contributed by atoms with van der Waals surface area (Å²) in [5, 5.41) is 3.24. The number of fused-ring (bicyclic) bond motifs is 1. The number of allylic oxidation sites excluding steroid dienone is 3. The van der Waals surface area contributed by atoms with E-state index in [-0.39, 0.29) is 52.1 Å². The Bertz CT molecular complexity index is 1100. The van der Waals surface area contributed by atoms with Crippen LogP contribution in [0.1, 0.15) is 128 Å². The Kier molecular flexibility index (Phi) is 15.9. The molecule has 0 aromatic carbocycles. The molecule has 1 unspecified atom stereocenters. The molecule has 8 heteroatoms. The Labute approximate surface area is 298 Å². The van der Waals surface area contributed by atoms with Crippen LogP contribution in [-0.2, 0) is 23.2 Å². The molecule has 8 atom stereocenters. The highest BCUT2D eigenvalue weighted by molar-refractivity contribution is 6.74. The standard InChI is InChI=1S/C40H75NO5Si2/c1-16-18-23-41-36(42)27-33(46-48(14,15)40(9,10)11)26-32(45-47(12,13)39(6,7)8)21-22-34-30(5)19-20-31-24-28(3)25-35(37(31)34)44-38(43)29(4)17-2/h19-20,24,28-30,32-35,37H,16-18,21-23,25-27H2,1-15H3,(H,41,42)/t28-,29-,30-,32?,33+,34-,35-,37-/m0/s1. The highest BCUT2D eigenvalue weighted by atomic mass is 28.4. The van der Waals surface area contributed by atoms with Crippen molar-refractivity contribution >= 4 is 28.5 Å². The van der Waals surface area contributed by atoms with E-state index in [1.165, 1.54) is 5.57 Å². The molecule has 0 saturated heterocycles. The lowest BCUT2D eigenvalue weighted by molar-refractivity contribution is -0.158. The average Bonchev–Trinajstić information content (AvgIpc) is 2.94. The van der Waals surface area contributed by atoms with Crippen LogP contribution >= 0.6 is 0 Å². The van der Waals surface area contributed by atoms with Crippen molar-refractivity contribution in [2.75, 3.05) is 6.54 Å². The SMILES string of the molecule is CCCCNC(=O)C[C@@H](CC(CC[C@@H]1[C@@H]2C(=C[C@H](C)C[C@@H]2OC(=O)[C@@H](C)CC)C=C[C@@H]1C)O[Si](C)(C)C(C)(C)C)O[Si](C)(C)C(C)(C)C. The molecule has 0 heterocycles. The van der Waals surface area contributed by atoms with E-state index in [4.69, 9.17) is 13.6 Å². The minimum Gasteiger partial charge on any atom is -0.461 e. The number of hydrogen-bond acceptors (Lipinski definition) is 5. The zero-order valence-electron chi connectivity index (χ0n) is 33.8. The number of rotatable bonds is 17. The van der Waals surface area contributed by atoms with Gasteiger partial charge in [0.1, 0.15) is 6.10 Å². The van der Waals surface area contributed by atoms with Crippen molar-refractivity contribution in [3.8, 4) is 0 Å². The Hall–Kier alpha value is -1.23. The molecule has 0 fully saturated rings. The summed E-state index contributed by atoms with van der Waals surface area (Å²) in [5.74, 6) is 1.17. The molecule has 2 aliphatic carbocycles. The van der Waals surface area contributed by atoms with Crippen molar-refractivity contribution in [1.82, 2.24) is 5.32 Å². The van der Waals surface area contributed by atoms with Crippen LogP contribution in [0.5, 0.6) is 0 Å². The molecule has 1 N–H and O–H groups in total. The van der Waals surface area contributed by atoms with E-state index in [1.807, 2.05) is 6.92 Å².